The van der Waals surface area contributed by atoms with Crippen LogP contribution in [0.15, 0.2) is 65.8 Å². The molecule has 0 unspecified atom stereocenters. The van der Waals surface area contributed by atoms with Crippen LogP contribution in [0.5, 0.6) is 5.75 Å². The number of para-hydroxylation sites is 1. The number of hydrogen-bond acceptors (Lipinski definition) is 11. The molecule has 0 aliphatic heterocycles. The summed E-state index contributed by atoms with van der Waals surface area (Å²) in [5.74, 6) is -0.625. The van der Waals surface area contributed by atoms with E-state index in [0.717, 1.165) is 48.1 Å². The molecule has 0 bridgehead atoms. The Morgan fingerprint density at radius 3 is 2.46 bits per heavy atom. The third kappa shape index (κ3) is 8.30. The van der Waals surface area contributed by atoms with Gasteiger partial charge in [-0.05, 0) is 79.0 Å². The molecular formula is C37H46ClN3O10S. The molecule has 1 aromatic heterocycles. The summed E-state index contributed by atoms with van der Waals surface area (Å²) in [6, 6.07) is 14.4. The highest BCUT2D eigenvalue weighted by Gasteiger charge is 2.53. The average molecular weight is 760 g/mol. The number of carbonyl (C=O) groups is 1. The van der Waals surface area contributed by atoms with Gasteiger partial charge in [-0.2, -0.15) is 0 Å². The molecule has 0 radical (unpaired) electrons. The van der Waals surface area contributed by atoms with Crippen molar-refractivity contribution in [3.05, 3.63) is 77.1 Å². The molecule has 3 saturated carbocycles. The van der Waals surface area contributed by atoms with E-state index in [1.54, 1.807) is 6.20 Å². The van der Waals surface area contributed by atoms with Gasteiger partial charge in [0, 0.05) is 54.6 Å². The van der Waals surface area contributed by atoms with Crippen LogP contribution in [0.1, 0.15) is 43.7 Å². The van der Waals surface area contributed by atoms with Crippen LogP contribution in [0.4, 0.5) is 0 Å². The normalized spacial score (nSPS) is 23.1. The maximum atomic E-state index is 13.7. The van der Waals surface area contributed by atoms with Gasteiger partial charge >= 0.3 is 0 Å². The molecule has 3 aliphatic rings. The van der Waals surface area contributed by atoms with Crippen LogP contribution in [-0.2, 0) is 31.8 Å². The third-order valence-electron chi connectivity index (χ3n) is 10.4. The Hall–Kier alpha value is -3.18. The first-order valence-corrected chi connectivity index (χ1v) is 19.3. The summed E-state index contributed by atoms with van der Waals surface area (Å²) < 4.78 is 41.4. The average Bonchev–Trinajstić information content (AvgIpc) is 4.08. The highest BCUT2D eigenvalue weighted by atomic mass is 35.5. The number of ether oxygens (including phenoxy) is 2. The number of pyridine rings is 1. The van der Waals surface area contributed by atoms with Crippen molar-refractivity contribution in [1.82, 2.24) is 14.6 Å². The second kappa shape index (κ2) is 15.7. The lowest BCUT2D eigenvalue weighted by Gasteiger charge is -2.25. The number of nitrogens with one attached hydrogen (secondary N) is 1. The van der Waals surface area contributed by atoms with E-state index in [1.807, 2.05) is 43.5 Å². The molecule has 3 aromatic rings. The van der Waals surface area contributed by atoms with Gasteiger partial charge in [-0.15, -0.1) is 0 Å². The van der Waals surface area contributed by atoms with Gasteiger partial charge in [-0.25, -0.2) is 12.7 Å². The quantitative estimate of drug-likeness (QED) is 0.111. The predicted molar refractivity (Wildman–Crippen MR) is 191 cm³/mol. The lowest BCUT2D eigenvalue weighted by atomic mass is 9.96. The zero-order valence-electron chi connectivity index (χ0n) is 29.0. The minimum atomic E-state index is -3.99. The van der Waals surface area contributed by atoms with E-state index in [2.05, 4.69) is 10.3 Å². The summed E-state index contributed by atoms with van der Waals surface area (Å²) in [4.78, 5) is 17.3. The van der Waals surface area contributed by atoms with Crippen LogP contribution in [-0.4, -0.2) is 106 Å². The van der Waals surface area contributed by atoms with Crippen molar-refractivity contribution in [2.24, 2.45) is 17.8 Å². The summed E-state index contributed by atoms with van der Waals surface area (Å²) in [6.07, 6.45) is 0.521. The number of nitrogens with zero attached hydrogens (tertiary/aromatic N) is 2. The molecule has 2 aromatic carbocycles. The molecule has 15 heteroatoms. The molecule has 1 heterocycles. The standard InChI is InChI=1S/C37H46ClN3O10S/c1-21-27(33(21)36(47)40-17-30(43)34(45)35(46)31(44)19-42)18-41(2)52(48,49)24-9-10-29(38)22(15-24)20-50-37(12-13-37)28-16-39-14-11-25(28)26-5-3-4-6-32(26)51-23-7-8-23/h3-6,9-11,14-16,21,23,27,30-31,33-35,42-46H,7-8,12-13,17-20H2,1-2H3,(H,40,47)/t21-,27+,30-,31+,33+,34+,35+/m0/s1. The Morgan fingerprint density at radius 1 is 1.06 bits per heavy atom. The largest absolute Gasteiger partial charge is 0.490 e. The second-order valence-corrected chi connectivity index (χ2v) is 16.6. The van der Waals surface area contributed by atoms with Crippen molar-refractivity contribution in [2.45, 2.75) is 80.2 Å². The first-order chi connectivity index (χ1) is 24.8. The van der Waals surface area contributed by atoms with Gasteiger partial charge < -0.3 is 40.3 Å². The maximum Gasteiger partial charge on any atom is 0.242 e. The van der Waals surface area contributed by atoms with Gasteiger partial charge in [0.2, 0.25) is 15.9 Å². The van der Waals surface area contributed by atoms with Crippen LogP contribution in [0.3, 0.4) is 0 Å². The molecular weight excluding hydrogens is 714 g/mol. The fourth-order valence-electron chi connectivity index (χ4n) is 6.63. The highest BCUT2D eigenvalue weighted by molar-refractivity contribution is 7.89. The Kier molecular flexibility index (Phi) is 11.6. The van der Waals surface area contributed by atoms with E-state index >= 15 is 0 Å². The van der Waals surface area contributed by atoms with Crippen LogP contribution >= 0.6 is 11.6 Å². The van der Waals surface area contributed by atoms with E-state index in [1.165, 1.54) is 29.6 Å². The van der Waals surface area contributed by atoms with E-state index in [0.29, 0.717) is 10.6 Å². The molecule has 13 nitrogen and oxygen atoms in total. The number of sulfonamides is 1. The number of halogens is 1. The van der Waals surface area contributed by atoms with Crippen molar-refractivity contribution >= 4 is 27.5 Å². The van der Waals surface area contributed by atoms with Crippen molar-refractivity contribution in [3.8, 4) is 16.9 Å². The van der Waals surface area contributed by atoms with Gasteiger partial charge in [0.05, 0.1) is 35.9 Å². The zero-order valence-corrected chi connectivity index (χ0v) is 30.6. The number of aromatic nitrogens is 1. The minimum absolute atomic E-state index is 0.0334. The molecule has 282 valence electrons. The number of benzene rings is 2. The fourth-order valence-corrected chi connectivity index (χ4v) is 8.06. The molecule has 7 atom stereocenters. The molecule has 3 aliphatic carbocycles. The molecule has 1 amide bonds. The van der Waals surface area contributed by atoms with Crippen molar-refractivity contribution in [1.29, 1.82) is 0 Å². The Morgan fingerprint density at radius 2 is 1.77 bits per heavy atom. The topological polar surface area (TPSA) is 199 Å². The van der Waals surface area contributed by atoms with Crippen molar-refractivity contribution in [2.75, 3.05) is 26.7 Å². The van der Waals surface area contributed by atoms with Crippen molar-refractivity contribution < 1.29 is 48.2 Å². The molecule has 3 fully saturated rings. The lowest BCUT2D eigenvalue weighted by molar-refractivity contribution is -0.127. The second-order valence-electron chi connectivity index (χ2n) is 14.1. The zero-order chi connectivity index (χ0) is 37.4. The number of aliphatic hydroxyl groups is 5. The highest BCUT2D eigenvalue weighted by Crippen LogP contribution is 2.53. The monoisotopic (exact) mass is 759 g/mol. The smallest absolute Gasteiger partial charge is 0.242 e. The van der Waals surface area contributed by atoms with Gasteiger partial charge in [0.1, 0.15) is 24.1 Å². The van der Waals surface area contributed by atoms with Crippen LogP contribution in [0.2, 0.25) is 5.02 Å². The maximum absolute atomic E-state index is 13.7. The minimum Gasteiger partial charge on any atom is -0.490 e. The molecule has 0 saturated heterocycles. The summed E-state index contributed by atoms with van der Waals surface area (Å²) in [7, 11) is -2.54. The molecule has 0 spiro atoms. The van der Waals surface area contributed by atoms with Crippen molar-refractivity contribution in [3.63, 3.8) is 0 Å². The van der Waals surface area contributed by atoms with E-state index in [9.17, 15) is 33.6 Å². The van der Waals surface area contributed by atoms with E-state index < -0.39 is 65.0 Å². The van der Waals surface area contributed by atoms with E-state index in [-0.39, 0.29) is 36.0 Å². The predicted octanol–water partition coefficient (Wildman–Crippen LogP) is 2.20. The molecule has 6 N–H and O–H groups in total. The Balaban J connectivity index is 1.08. The lowest BCUT2D eigenvalue weighted by Crippen LogP contribution is -2.49. The number of rotatable bonds is 18. The van der Waals surface area contributed by atoms with Gasteiger partial charge in [-0.3, -0.25) is 9.78 Å². The number of hydrogen-bond donors (Lipinski definition) is 6. The van der Waals surface area contributed by atoms with Crippen LogP contribution in [0.25, 0.3) is 11.1 Å². The number of amides is 1. The summed E-state index contributed by atoms with van der Waals surface area (Å²) in [6.45, 7) is 0.709. The van der Waals surface area contributed by atoms with Crippen LogP contribution in [0, 0.1) is 17.8 Å². The SMILES string of the molecule is C[C@H]1[C@@H](CN(C)S(=O)(=O)c2ccc(Cl)c(COC3(c4cnccc4-c4ccccc4OC4CC4)CC3)c2)[C@@H]1C(=O)NC[C@H](O)[C@@H](O)[C@H](O)[C@H](O)CO. The fraction of sp³-hybridized carbons (Fsp3) is 0.514. The summed E-state index contributed by atoms with van der Waals surface area (Å²) in [5, 5.41) is 51.3. The van der Waals surface area contributed by atoms with Gasteiger partial charge in [0.25, 0.3) is 0 Å². The van der Waals surface area contributed by atoms with E-state index in [4.69, 9.17) is 26.2 Å². The number of aliphatic hydroxyl groups excluding tert-OH is 5. The summed E-state index contributed by atoms with van der Waals surface area (Å²) in [5.41, 5.74) is 2.77. The molecule has 6 rings (SSSR count). The van der Waals surface area contributed by atoms with Gasteiger partial charge in [0.15, 0.2) is 0 Å². The Labute approximate surface area is 308 Å². The number of carbonyl (C=O) groups excluding carboxylic acids is 1. The first-order valence-electron chi connectivity index (χ1n) is 17.5. The Bertz CT molecular complexity index is 1860. The third-order valence-corrected chi connectivity index (χ3v) is 12.6. The summed E-state index contributed by atoms with van der Waals surface area (Å²) >= 11 is 6.57. The molecule has 52 heavy (non-hydrogen) atoms. The van der Waals surface area contributed by atoms with Crippen LogP contribution < -0.4 is 10.1 Å². The first kappa shape index (κ1) is 38.5. The van der Waals surface area contributed by atoms with Gasteiger partial charge in [-0.1, -0.05) is 36.7 Å².